The number of carbonyl (C=O) groups excluding carboxylic acids is 1. The minimum atomic E-state index is -0.134. The van der Waals surface area contributed by atoms with Gasteiger partial charge in [-0.1, -0.05) is 23.7 Å². The largest absolute Gasteiger partial charge is 0.325 e. The van der Waals surface area contributed by atoms with Crippen LogP contribution in [0.2, 0.25) is 5.02 Å². The number of carbonyl (C=O) groups is 1. The molecule has 2 rings (SSSR count). The Hall–Kier alpha value is -2.35. The fourth-order valence-corrected chi connectivity index (χ4v) is 2.07. The van der Waals surface area contributed by atoms with E-state index in [1.807, 2.05) is 37.3 Å². The molecule has 4 nitrogen and oxygen atoms in total. The van der Waals surface area contributed by atoms with Crippen LogP contribution in [0.15, 0.2) is 48.5 Å². The predicted octanol–water partition coefficient (Wildman–Crippen LogP) is 3.50. The second-order valence-electron chi connectivity index (χ2n) is 4.89. The standard InChI is InChI=1S/C17H16ClN3O/c1-12(14-4-6-15(18)7-5-14)20-11-17(22)21-16-8-2-13(10-19)3-9-16/h2-9,12,20H,11H2,1H3,(H,21,22)/t12-/m0/s1. The van der Waals surface area contributed by atoms with Crippen LogP contribution >= 0.6 is 11.6 Å². The van der Waals surface area contributed by atoms with Gasteiger partial charge in [0.25, 0.3) is 0 Å². The number of anilines is 1. The van der Waals surface area contributed by atoms with Crippen LogP contribution in [0.5, 0.6) is 0 Å². The van der Waals surface area contributed by atoms with Crippen LogP contribution < -0.4 is 10.6 Å². The highest BCUT2D eigenvalue weighted by atomic mass is 35.5. The zero-order valence-corrected chi connectivity index (χ0v) is 12.9. The van der Waals surface area contributed by atoms with E-state index in [9.17, 15) is 4.79 Å². The third-order valence-corrected chi connectivity index (χ3v) is 3.49. The SMILES string of the molecule is C[C@H](NCC(=O)Nc1ccc(C#N)cc1)c1ccc(Cl)cc1. The van der Waals surface area contributed by atoms with Gasteiger partial charge in [-0.15, -0.1) is 0 Å². The van der Waals surface area contributed by atoms with Gasteiger partial charge in [-0.05, 0) is 48.9 Å². The Bertz CT molecular complexity index is 675. The van der Waals surface area contributed by atoms with Crippen LogP contribution in [0.25, 0.3) is 0 Å². The molecule has 0 bridgehead atoms. The van der Waals surface area contributed by atoms with Crippen LogP contribution in [-0.4, -0.2) is 12.5 Å². The molecule has 0 saturated heterocycles. The average molecular weight is 314 g/mol. The fraction of sp³-hybridized carbons (Fsp3) is 0.176. The van der Waals surface area contributed by atoms with E-state index < -0.39 is 0 Å². The summed E-state index contributed by atoms with van der Waals surface area (Å²) in [6.45, 7) is 2.18. The number of nitrogens with zero attached hydrogens (tertiary/aromatic N) is 1. The van der Waals surface area contributed by atoms with Crippen LogP contribution in [0.3, 0.4) is 0 Å². The van der Waals surface area contributed by atoms with Crippen molar-refractivity contribution in [3.05, 3.63) is 64.7 Å². The number of nitriles is 1. The van der Waals surface area contributed by atoms with Gasteiger partial charge in [-0.3, -0.25) is 4.79 Å². The summed E-state index contributed by atoms with van der Waals surface area (Å²) in [5.41, 5.74) is 2.30. The van der Waals surface area contributed by atoms with Gasteiger partial charge in [0.05, 0.1) is 18.2 Å². The van der Waals surface area contributed by atoms with E-state index >= 15 is 0 Å². The molecule has 2 aromatic rings. The van der Waals surface area contributed by atoms with E-state index in [0.717, 1.165) is 5.56 Å². The summed E-state index contributed by atoms with van der Waals surface area (Å²) in [4.78, 5) is 11.9. The molecule has 0 aliphatic carbocycles. The van der Waals surface area contributed by atoms with Gasteiger partial charge < -0.3 is 10.6 Å². The monoisotopic (exact) mass is 313 g/mol. The second kappa shape index (κ2) is 7.60. The Labute approximate surface area is 134 Å². The topological polar surface area (TPSA) is 64.9 Å². The van der Waals surface area contributed by atoms with Gasteiger partial charge in [-0.2, -0.15) is 5.26 Å². The smallest absolute Gasteiger partial charge is 0.238 e. The first-order chi connectivity index (χ1) is 10.6. The van der Waals surface area contributed by atoms with Crippen LogP contribution in [-0.2, 0) is 4.79 Å². The number of halogens is 1. The summed E-state index contributed by atoms with van der Waals surface area (Å²) in [6.07, 6.45) is 0. The molecule has 112 valence electrons. The molecule has 0 radical (unpaired) electrons. The number of rotatable bonds is 5. The highest BCUT2D eigenvalue weighted by Gasteiger charge is 2.08. The lowest BCUT2D eigenvalue weighted by Crippen LogP contribution is -2.30. The molecule has 2 N–H and O–H groups in total. The van der Waals surface area contributed by atoms with E-state index in [0.29, 0.717) is 16.3 Å². The highest BCUT2D eigenvalue weighted by molar-refractivity contribution is 6.30. The van der Waals surface area contributed by atoms with E-state index in [2.05, 4.69) is 10.6 Å². The van der Waals surface area contributed by atoms with Gasteiger partial charge in [-0.25, -0.2) is 0 Å². The Morgan fingerprint density at radius 2 is 1.82 bits per heavy atom. The molecular weight excluding hydrogens is 298 g/mol. The summed E-state index contributed by atoms with van der Waals surface area (Å²) in [7, 11) is 0. The predicted molar refractivity (Wildman–Crippen MR) is 87.7 cm³/mol. The number of benzene rings is 2. The Kier molecular flexibility index (Phi) is 5.54. The van der Waals surface area contributed by atoms with E-state index in [1.54, 1.807) is 24.3 Å². The van der Waals surface area contributed by atoms with E-state index in [1.165, 1.54) is 0 Å². The van der Waals surface area contributed by atoms with Crippen molar-refractivity contribution in [2.45, 2.75) is 13.0 Å². The Morgan fingerprint density at radius 3 is 2.41 bits per heavy atom. The molecule has 5 heteroatoms. The minimum Gasteiger partial charge on any atom is -0.325 e. The summed E-state index contributed by atoms with van der Waals surface area (Å²) >= 11 is 5.85. The molecule has 0 spiro atoms. The van der Waals surface area contributed by atoms with Crippen LogP contribution in [0.1, 0.15) is 24.1 Å². The highest BCUT2D eigenvalue weighted by Crippen LogP contribution is 2.15. The van der Waals surface area contributed by atoms with Crippen molar-refractivity contribution >= 4 is 23.2 Å². The first kappa shape index (κ1) is 16.0. The summed E-state index contributed by atoms with van der Waals surface area (Å²) < 4.78 is 0. The molecule has 0 aromatic heterocycles. The molecule has 0 heterocycles. The van der Waals surface area contributed by atoms with Crippen molar-refractivity contribution in [1.29, 1.82) is 5.26 Å². The second-order valence-corrected chi connectivity index (χ2v) is 5.33. The Morgan fingerprint density at radius 1 is 1.18 bits per heavy atom. The van der Waals surface area contributed by atoms with E-state index in [4.69, 9.17) is 16.9 Å². The lowest BCUT2D eigenvalue weighted by molar-refractivity contribution is -0.115. The normalized spacial score (nSPS) is 11.5. The molecule has 1 amide bonds. The first-order valence-electron chi connectivity index (χ1n) is 6.87. The maximum absolute atomic E-state index is 11.9. The molecule has 0 aliphatic rings. The Balaban J connectivity index is 1.84. The van der Waals surface area contributed by atoms with E-state index in [-0.39, 0.29) is 18.5 Å². The van der Waals surface area contributed by atoms with Crippen molar-refractivity contribution in [2.24, 2.45) is 0 Å². The molecular formula is C17H16ClN3O. The third kappa shape index (κ3) is 4.59. The molecule has 22 heavy (non-hydrogen) atoms. The zero-order chi connectivity index (χ0) is 15.9. The third-order valence-electron chi connectivity index (χ3n) is 3.24. The molecule has 0 saturated carbocycles. The number of hydrogen-bond acceptors (Lipinski definition) is 3. The maximum Gasteiger partial charge on any atom is 0.238 e. The molecule has 2 aromatic carbocycles. The molecule has 1 atom stereocenters. The minimum absolute atomic E-state index is 0.0454. The first-order valence-corrected chi connectivity index (χ1v) is 7.25. The van der Waals surface area contributed by atoms with Gasteiger partial charge in [0.2, 0.25) is 5.91 Å². The van der Waals surface area contributed by atoms with Gasteiger partial charge >= 0.3 is 0 Å². The average Bonchev–Trinajstić information content (AvgIpc) is 2.54. The van der Waals surface area contributed by atoms with Crippen molar-refractivity contribution < 1.29 is 4.79 Å². The number of nitrogens with one attached hydrogen (secondary N) is 2. The molecule has 0 aliphatic heterocycles. The van der Waals surface area contributed by atoms with Gasteiger partial charge in [0.15, 0.2) is 0 Å². The quantitative estimate of drug-likeness (QED) is 0.888. The molecule has 0 fully saturated rings. The summed E-state index contributed by atoms with van der Waals surface area (Å²) in [5, 5.41) is 15.3. The lowest BCUT2D eigenvalue weighted by atomic mass is 10.1. The van der Waals surface area contributed by atoms with Crippen molar-refractivity contribution in [1.82, 2.24) is 5.32 Å². The van der Waals surface area contributed by atoms with Gasteiger partial charge in [0, 0.05) is 16.8 Å². The zero-order valence-electron chi connectivity index (χ0n) is 12.1. The molecule has 0 unspecified atom stereocenters. The van der Waals surface area contributed by atoms with Crippen molar-refractivity contribution in [3.63, 3.8) is 0 Å². The fourth-order valence-electron chi connectivity index (χ4n) is 1.95. The van der Waals surface area contributed by atoms with Crippen molar-refractivity contribution in [2.75, 3.05) is 11.9 Å². The van der Waals surface area contributed by atoms with Gasteiger partial charge in [0.1, 0.15) is 0 Å². The van der Waals surface area contributed by atoms with Crippen LogP contribution in [0, 0.1) is 11.3 Å². The lowest BCUT2D eigenvalue weighted by Gasteiger charge is -2.14. The number of amides is 1. The maximum atomic E-state index is 11.9. The summed E-state index contributed by atoms with van der Waals surface area (Å²) in [5.74, 6) is -0.134. The van der Waals surface area contributed by atoms with Crippen LogP contribution in [0.4, 0.5) is 5.69 Å². The number of hydrogen-bond donors (Lipinski definition) is 2. The summed E-state index contributed by atoms with van der Waals surface area (Å²) in [6, 6.07) is 16.3. The van der Waals surface area contributed by atoms with Crippen molar-refractivity contribution in [3.8, 4) is 6.07 Å².